The summed E-state index contributed by atoms with van der Waals surface area (Å²) in [7, 11) is 0. The Hall–Kier alpha value is -0.0100. The summed E-state index contributed by atoms with van der Waals surface area (Å²) in [4.78, 5) is 0. The number of hydrogen-bond acceptors (Lipinski definition) is 1. The van der Waals surface area contributed by atoms with Crippen molar-refractivity contribution in [3.8, 4) is 0 Å². The van der Waals surface area contributed by atoms with Gasteiger partial charge in [0.1, 0.15) is 0 Å². The highest BCUT2D eigenvalue weighted by molar-refractivity contribution is 6.18. The molecule has 1 aliphatic rings. The fourth-order valence-electron chi connectivity index (χ4n) is 1.26. The van der Waals surface area contributed by atoms with Gasteiger partial charge in [0.25, 0.3) is 0 Å². The van der Waals surface area contributed by atoms with Crippen LogP contribution in [0.5, 0.6) is 0 Å². The van der Waals surface area contributed by atoms with Crippen LogP contribution in [0.3, 0.4) is 0 Å². The Morgan fingerprint density at radius 3 is 2.90 bits per heavy atom. The van der Waals surface area contributed by atoms with Gasteiger partial charge in [0.05, 0.1) is 12.0 Å². The van der Waals surface area contributed by atoms with E-state index in [1.165, 1.54) is 12.8 Å². The summed E-state index contributed by atoms with van der Waals surface area (Å²) in [5.74, 6) is 0.339. The molecule has 0 amide bonds. The van der Waals surface area contributed by atoms with Gasteiger partial charge in [0, 0.05) is 0 Å². The minimum atomic E-state index is -0.387. The zero-order valence-corrected chi connectivity index (χ0v) is 6.77. The first-order valence-corrected chi connectivity index (χ1v) is 4.31. The van der Waals surface area contributed by atoms with Crippen LogP contribution in [-0.2, 0) is 0 Å². The normalized spacial score (nSPS) is 22.0. The molecular formula is C8H13ClO. The van der Waals surface area contributed by atoms with E-state index in [2.05, 4.69) is 6.08 Å². The van der Waals surface area contributed by atoms with E-state index in [1.54, 1.807) is 0 Å². The first kappa shape index (κ1) is 8.09. The van der Waals surface area contributed by atoms with Crippen LogP contribution in [0.4, 0.5) is 0 Å². The monoisotopic (exact) mass is 160 g/mol. The number of aliphatic hydroxyl groups is 1. The molecule has 0 aromatic heterocycles. The Balaban J connectivity index is 2.44. The van der Waals surface area contributed by atoms with Crippen LogP contribution in [-0.4, -0.2) is 17.1 Å². The fourth-order valence-corrected chi connectivity index (χ4v) is 1.46. The van der Waals surface area contributed by atoms with Crippen molar-refractivity contribution in [1.82, 2.24) is 0 Å². The smallest absolute Gasteiger partial charge is 0.0885 e. The SMILES string of the molecule is O[C@H](CCl)C1=CCCCC1. The Bertz CT molecular complexity index is 131. The number of alkyl halides is 1. The van der Waals surface area contributed by atoms with Crippen molar-refractivity contribution < 1.29 is 5.11 Å². The van der Waals surface area contributed by atoms with Gasteiger partial charge in [-0.1, -0.05) is 6.08 Å². The van der Waals surface area contributed by atoms with Gasteiger partial charge in [-0.05, 0) is 31.3 Å². The lowest BCUT2D eigenvalue weighted by Crippen LogP contribution is -2.13. The lowest BCUT2D eigenvalue weighted by atomic mass is 9.96. The number of allylic oxidation sites excluding steroid dienone is 1. The minimum Gasteiger partial charge on any atom is -0.388 e. The van der Waals surface area contributed by atoms with Gasteiger partial charge in [-0.2, -0.15) is 0 Å². The lowest BCUT2D eigenvalue weighted by molar-refractivity contribution is 0.227. The molecule has 0 saturated heterocycles. The van der Waals surface area contributed by atoms with Crippen LogP contribution in [0.25, 0.3) is 0 Å². The largest absolute Gasteiger partial charge is 0.388 e. The van der Waals surface area contributed by atoms with Crippen molar-refractivity contribution in [2.24, 2.45) is 0 Å². The summed E-state index contributed by atoms with van der Waals surface area (Å²) < 4.78 is 0. The van der Waals surface area contributed by atoms with E-state index in [9.17, 15) is 5.11 Å². The Morgan fingerprint density at radius 1 is 1.60 bits per heavy atom. The third-order valence-corrected chi connectivity index (χ3v) is 2.19. The molecule has 0 unspecified atom stereocenters. The maximum Gasteiger partial charge on any atom is 0.0885 e. The number of hydrogen-bond donors (Lipinski definition) is 1. The zero-order chi connectivity index (χ0) is 7.40. The maximum atomic E-state index is 9.28. The van der Waals surface area contributed by atoms with Crippen LogP contribution in [0.15, 0.2) is 11.6 Å². The molecule has 0 aliphatic heterocycles. The summed E-state index contributed by atoms with van der Waals surface area (Å²) in [6, 6.07) is 0. The van der Waals surface area contributed by atoms with E-state index >= 15 is 0 Å². The second-order valence-corrected chi connectivity index (χ2v) is 3.00. The third-order valence-electron chi connectivity index (χ3n) is 1.90. The van der Waals surface area contributed by atoms with Crippen LogP contribution >= 0.6 is 11.6 Å². The van der Waals surface area contributed by atoms with Crippen LogP contribution < -0.4 is 0 Å². The highest BCUT2D eigenvalue weighted by Gasteiger charge is 2.11. The van der Waals surface area contributed by atoms with E-state index in [1.807, 2.05) is 0 Å². The van der Waals surface area contributed by atoms with E-state index in [0.717, 1.165) is 18.4 Å². The van der Waals surface area contributed by atoms with Crippen molar-refractivity contribution in [3.05, 3.63) is 11.6 Å². The molecule has 0 spiro atoms. The molecule has 1 atom stereocenters. The van der Waals surface area contributed by atoms with Crippen molar-refractivity contribution in [2.45, 2.75) is 31.8 Å². The summed E-state index contributed by atoms with van der Waals surface area (Å²) in [5, 5.41) is 9.28. The van der Waals surface area contributed by atoms with E-state index in [0.29, 0.717) is 5.88 Å². The lowest BCUT2D eigenvalue weighted by Gasteiger charge is -2.15. The van der Waals surface area contributed by atoms with Crippen molar-refractivity contribution in [1.29, 1.82) is 0 Å². The van der Waals surface area contributed by atoms with E-state index in [4.69, 9.17) is 11.6 Å². The molecule has 0 radical (unpaired) electrons. The average molecular weight is 161 g/mol. The molecule has 1 rings (SSSR count). The van der Waals surface area contributed by atoms with Crippen LogP contribution in [0.1, 0.15) is 25.7 Å². The van der Waals surface area contributed by atoms with E-state index < -0.39 is 0 Å². The van der Waals surface area contributed by atoms with Crippen LogP contribution in [0.2, 0.25) is 0 Å². The Kier molecular flexibility index (Phi) is 3.23. The van der Waals surface area contributed by atoms with Gasteiger partial charge in [-0.25, -0.2) is 0 Å². The van der Waals surface area contributed by atoms with Gasteiger partial charge in [0.2, 0.25) is 0 Å². The molecule has 1 nitrogen and oxygen atoms in total. The van der Waals surface area contributed by atoms with Gasteiger partial charge in [-0.3, -0.25) is 0 Å². The zero-order valence-electron chi connectivity index (χ0n) is 6.02. The predicted molar refractivity (Wildman–Crippen MR) is 43.3 cm³/mol. The second-order valence-electron chi connectivity index (χ2n) is 2.69. The standard InChI is InChI=1S/C8H13ClO/c9-6-8(10)7-4-2-1-3-5-7/h4,8,10H,1-3,5-6H2/t8-/m1/s1. The maximum absolute atomic E-state index is 9.28. The summed E-state index contributed by atoms with van der Waals surface area (Å²) >= 11 is 5.49. The van der Waals surface area contributed by atoms with Gasteiger partial charge < -0.3 is 5.11 Å². The van der Waals surface area contributed by atoms with Crippen molar-refractivity contribution in [2.75, 3.05) is 5.88 Å². The summed E-state index contributed by atoms with van der Waals surface area (Å²) in [6.45, 7) is 0. The topological polar surface area (TPSA) is 20.2 Å². The molecule has 0 saturated carbocycles. The molecule has 0 heterocycles. The van der Waals surface area contributed by atoms with Crippen LogP contribution in [0, 0.1) is 0 Å². The van der Waals surface area contributed by atoms with Gasteiger partial charge in [0.15, 0.2) is 0 Å². The quantitative estimate of drug-likeness (QED) is 0.485. The van der Waals surface area contributed by atoms with Gasteiger partial charge in [-0.15, -0.1) is 11.6 Å². The van der Waals surface area contributed by atoms with Crippen molar-refractivity contribution >= 4 is 11.6 Å². The Labute approximate surface area is 66.7 Å². The van der Waals surface area contributed by atoms with E-state index in [-0.39, 0.29) is 6.10 Å². The molecule has 2 heteroatoms. The highest BCUT2D eigenvalue weighted by atomic mass is 35.5. The number of aliphatic hydroxyl groups excluding tert-OH is 1. The molecule has 0 bridgehead atoms. The number of halogens is 1. The molecule has 58 valence electrons. The van der Waals surface area contributed by atoms with Crippen molar-refractivity contribution in [3.63, 3.8) is 0 Å². The van der Waals surface area contributed by atoms with Gasteiger partial charge >= 0.3 is 0 Å². The third kappa shape index (κ3) is 1.99. The fraction of sp³-hybridized carbons (Fsp3) is 0.750. The average Bonchev–Trinajstić information content (AvgIpc) is 2.05. The predicted octanol–water partition coefficient (Wildman–Crippen LogP) is 2.09. The Morgan fingerprint density at radius 2 is 2.40 bits per heavy atom. The molecule has 0 aromatic rings. The molecule has 0 aromatic carbocycles. The molecule has 1 N–H and O–H groups in total. The summed E-state index contributed by atoms with van der Waals surface area (Å²) in [5.41, 5.74) is 1.14. The number of rotatable bonds is 2. The molecule has 10 heavy (non-hydrogen) atoms. The molecule has 1 aliphatic carbocycles. The first-order chi connectivity index (χ1) is 4.84. The minimum absolute atomic E-state index is 0.339. The first-order valence-electron chi connectivity index (χ1n) is 3.77. The molecular weight excluding hydrogens is 148 g/mol. The summed E-state index contributed by atoms with van der Waals surface area (Å²) in [6.07, 6.45) is 6.35. The highest BCUT2D eigenvalue weighted by Crippen LogP contribution is 2.20. The second kappa shape index (κ2) is 3.99. The molecule has 0 fully saturated rings.